The quantitative estimate of drug-likeness (QED) is 0.788. The fourth-order valence-electron chi connectivity index (χ4n) is 1.89. The molecule has 0 radical (unpaired) electrons. The van der Waals surface area contributed by atoms with E-state index in [1.165, 1.54) is 12.1 Å². The van der Waals surface area contributed by atoms with Gasteiger partial charge < -0.3 is 11.1 Å². The fourth-order valence-corrected chi connectivity index (χ4v) is 2.50. The average molecular weight is 378 g/mol. The fraction of sp³-hybridized carbons (Fsp3) is 0.500. The molecule has 3 nitrogen and oxygen atoms in total. The van der Waals surface area contributed by atoms with Gasteiger partial charge in [0.15, 0.2) is 0 Å². The Bertz CT molecular complexity index is 457. The van der Waals surface area contributed by atoms with Crippen molar-refractivity contribution < 1.29 is 9.18 Å². The van der Waals surface area contributed by atoms with Gasteiger partial charge in [0.05, 0.1) is 5.69 Å². The zero-order valence-corrected chi connectivity index (χ0v) is 13.6. The van der Waals surface area contributed by atoms with Gasteiger partial charge in [-0.1, -0.05) is 20.8 Å². The van der Waals surface area contributed by atoms with Crippen LogP contribution in [0.4, 0.5) is 10.1 Å². The molecule has 0 spiro atoms. The normalized spacial score (nSPS) is 13.2. The van der Waals surface area contributed by atoms with Crippen molar-refractivity contribution in [3.05, 3.63) is 27.6 Å². The molecule has 1 rings (SSSR count). The lowest BCUT2D eigenvalue weighted by atomic mass is 9.87. The molecule has 0 heterocycles. The van der Waals surface area contributed by atoms with Crippen LogP contribution in [0.1, 0.15) is 33.6 Å². The van der Waals surface area contributed by atoms with Gasteiger partial charge in [0.25, 0.3) is 0 Å². The van der Waals surface area contributed by atoms with Crippen LogP contribution in [0, 0.1) is 14.8 Å². The largest absolute Gasteiger partial charge is 0.327 e. The van der Waals surface area contributed by atoms with Crippen LogP contribution in [-0.2, 0) is 4.79 Å². The van der Waals surface area contributed by atoms with E-state index in [1.807, 2.05) is 22.6 Å². The predicted octanol–water partition coefficient (Wildman–Crippen LogP) is 3.52. The van der Waals surface area contributed by atoms with Gasteiger partial charge >= 0.3 is 0 Å². The second kappa shape index (κ2) is 6.65. The summed E-state index contributed by atoms with van der Waals surface area (Å²) in [7, 11) is 0. The maximum absolute atomic E-state index is 12.9. The van der Waals surface area contributed by atoms with Crippen molar-refractivity contribution in [3.63, 3.8) is 0 Å². The number of nitrogens with one attached hydrogen (secondary N) is 1. The van der Waals surface area contributed by atoms with Crippen LogP contribution in [0.15, 0.2) is 18.2 Å². The SMILES string of the molecule is CC(C)(C)CC(N)CC(=O)Nc1ccc(F)cc1I. The molecule has 0 aliphatic rings. The minimum absolute atomic E-state index is 0.101. The molecule has 0 aliphatic carbocycles. The number of nitrogens with two attached hydrogens (primary N) is 1. The molecule has 106 valence electrons. The standard InChI is InChI=1S/C14H20FIN2O/c1-14(2,3)8-10(17)7-13(19)18-12-5-4-9(15)6-11(12)16/h4-6,10H,7-8,17H2,1-3H3,(H,18,19). The highest BCUT2D eigenvalue weighted by Gasteiger charge is 2.18. The summed E-state index contributed by atoms with van der Waals surface area (Å²) >= 11 is 1.99. The van der Waals surface area contributed by atoms with Gasteiger partial charge in [0, 0.05) is 16.0 Å². The highest BCUT2D eigenvalue weighted by molar-refractivity contribution is 14.1. The Balaban J connectivity index is 2.56. The van der Waals surface area contributed by atoms with Crippen LogP contribution in [0.25, 0.3) is 0 Å². The molecule has 1 aromatic rings. The van der Waals surface area contributed by atoms with E-state index in [9.17, 15) is 9.18 Å². The molecule has 19 heavy (non-hydrogen) atoms. The maximum atomic E-state index is 12.9. The molecular weight excluding hydrogens is 358 g/mol. The lowest BCUT2D eigenvalue weighted by molar-refractivity contribution is -0.116. The molecule has 1 amide bonds. The number of rotatable bonds is 4. The van der Waals surface area contributed by atoms with Gasteiger partial charge in [-0.25, -0.2) is 4.39 Å². The van der Waals surface area contributed by atoms with Crippen molar-refractivity contribution in [1.82, 2.24) is 0 Å². The Morgan fingerprint density at radius 1 is 1.47 bits per heavy atom. The second-order valence-electron chi connectivity index (χ2n) is 5.90. The van der Waals surface area contributed by atoms with Crippen LogP contribution in [0.3, 0.4) is 0 Å². The van der Waals surface area contributed by atoms with Gasteiger partial charge in [-0.2, -0.15) is 0 Å². The van der Waals surface area contributed by atoms with Crippen LogP contribution in [0.2, 0.25) is 0 Å². The van der Waals surface area contributed by atoms with Gasteiger partial charge in [-0.15, -0.1) is 0 Å². The van der Waals surface area contributed by atoms with Gasteiger partial charge in [-0.05, 0) is 52.6 Å². The van der Waals surface area contributed by atoms with E-state index in [0.717, 1.165) is 6.42 Å². The summed E-state index contributed by atoms with van der Waals surface area (Å²) in [4.78, 5) is 11.9. The van der Waals surface area contributed by atoms with Crippen molar-refractivity contribution in [3.8, 4) is 0 Å². The predicted molar refractivity (Wildman–Crippen MR) is 84.4 cm³/mol. The minimum atomic E-state index is -0.313. The first-order valence-corrected chi connectivity index (χ1v) is 7.26. The molecule has 3 N–H and O–H groups in total. The van der Waals surface area contributed by atoms with Crippen LogP contribution in [0.5, 0.6) is 0 Å². The third kappa shape index (κ3) is 6.33. The molecule has 1 unspecified atom stereocenters. The summed E-state index contributed by atoms with van der Waals surface area (Å²) in [6.45, 7) is 6.27. The van der Waals surface area contributed by atoms with E-state index in [1.54, 1.807) is 6.07 Å². The number of amides is 1. The third-order valence-electron chi connectivity index (χ3n) is 2.53. The summed E-state index contributed by atoms with van der Waals surface area (Å²) in [5, 5.41) is 2.76. The molecule has 0 aliphatic heterocycles. The summed E-state index contributed by atoms with van der Waals surface area (Å²) in [5.41, 5.74) is 6.68. The van der Waals surface area contributed by atoms with Crippen molar-refractivity contribution >= 4 is 34.2 Å². The molecule has 0 saturated heterocycles. The number of hydrogen-bond acceptors (Lipinski definition) is 2. The van der Waals surface area contributed by atoms with Crippen LogP contribution in [-0.4, -0.2) is 11.9 Å². The zero-order chi connectivity index (χ0) is 14.6. The van der Waals surface area contributed by atoms with Crippen molar-refractivity contribution in [2.24, 2.45) is 11.1 Å². The van der Waals surface area contributed by atoms with Gasteiger partial charge in [0.2, 0.25) is 5.91 Å². The molecule has 0 aromatic heterocycles. The Morgan fingerprint density at radius 3 is 2.63 bits per heavy atom. The van der Waals surface area contributed by atoms with Crippen molar-refractivity contribution in [1.29, 1.82) is 0 Å². The van der Waals surface area contributed by atoms with E-state index in [0.29, 0.717) is 9.26 Å². The van der Waals surface area contributed by atoms with Gasteiger partial charge in [-0.3, -0.25) is 4.79 Å². The number of carbonyl (C=O) groups excluding carboxylic acids is 1. The molecule has 1 atom stereocenters. The zero-order valence-electron chi connectivity index (χ0n) is 11.5. The van der Waals surface area contributed by atoms with E-state index in [-0.39, 0.29) is 29.6 Å². The topological polar surface area (TPSA) is 55.1 Å². The Kier molecular flexibility index (Phi) is 5.73. The molecule has 5 heteroatoms. The first-order valence-electron chi connectivity index (χ1n) is 6.18. The summed E-state index contributed by atoms with van der Waals surface area (Å²) in [6.07, 6.45) is 1.05. The Morgan fingerprint density at radius 2 is 2.11 bits per heavy atom. The highest BCUT2D eigenvalue weighted by atomic mass is 127. The second-order valence-corrected chi connectivity index (χ2v) is 7.06. The first kappa shape index (κ1) is 16.4. The smallest absolute Gasteiger partial charge is 0.225 e. The number of halogens is 2. The molecule has 1 aromatic carbocycles. The van der Waals surface area contributed by atoms with Crippen LogP contribution >= 0.6 is 22.6 Å². The monoisotopic (exact) mass is 378 g/mol. The number of carbonyl (C=O) groups is 1. The molecule has 0 saturated carbocycles. The lowest BCUT2D eigenvalue weighted by Crippen LogP contribution is -2.31. The third-order valence-corrected chi connectivity index (χ3v) is 3.42. The summed E-state index contributed by atoms with van der Waals surface area (Å²) in [5.74, 6) is -0.451. The van der Waals surface area contributed by atoms with Crippen LogP contribution < -0.4 is 11.1 Å². The van der Waals surface area contributed by atoms with Crippen molar-refractivity contribution in [2.45, 2.75) is 39.7 Å². The highest BCUT2D eigenvalue weighted by Crippen LogP contribution is 2.22. The summed E-state index contributed by atoms with van der Waals surface area (Å²) < 4.78 is 13.6. The maximum Gasteiger partial charge on any atom is 0.225 e. The minimum Gasteiger partial charge on any atom is -0.327 e. The average Bonchev–Trinajstić information content (AvgIpc) is 2.19. The number of hydrogen-bond donors (Lipinski definition) is 2. The molecule has 0 bridgehead atoms. The first-order chi connectivity index (χ1) is 8.67. The lowest BCUT2D eigenvalue weighted by Gasteiger charge is -2.22. The van der Waals surface area contributed by atoms with Gasteiger partial charge in [0.1, 0.15) is 5.82 Å². The van der Waals surface area contributed by atoms with E-state index in [2.05, 4.69) is 26.1 Å². The van der Waals surface area contributed by atoms with Crippen molar-refractivity contribution in [2.75, 3.05) is 5.32 Å². The Hall–Kier alpha value is -0.690. The molecule has 0 fully saturated rings. The van der Waals surface area contributed by atoms with E-state index < -0.39 is 0 Å². The molecular formula is C14H20FIN2O. The number of anilines is 1. The van der Waals surface area contributed by atoms with E-state index in [4.69, 9.17) is 5.73 Å². The summed E-state index contributed by atoms with van der Waals surface area (Å²) in [6, 6.07) is 4.10. The number of benzene rings is 1. The van der Waals surface area contributed by atoms with E-state index >= 15 is 0 Å². The Labute approximate surface area is 127 Å².